The van der Waals surface area contributed by atoms with Crippen LogP contribution < -0.4 is 10.6 Å². The highest BCUT2D eigenvalue weighted by atomic mass is 32.2. The van der Waals surface area contributed by atoms with Gasteiger partial charge in [-0.3, -0.25) is 9.59 Å². The van der Waals surface area contributed by atoms with E-state index in [0.717, 1.165) is 12.8 Å². The van der Waals surface area contributed by atoms with Crippen molar-refractivity contribution < 1.29 is 19.1 Å². The molecule has 2 amide bonds. The number of nitrogens with zero attached hydrogens (tertiary/aromatic N) is 3. The zero-order valence-electron chi connectivity index (χ0n) is 17.8. The lowest BCUT2D eigenvalue weighted by molar-refractivity contribution is -0.122. The number of unbranched alkanes of at least 4 members (excludes halogenated alkanes) is 1. The first kappa shape index (κ1) is 25.8. The SMILES string of the molecule is CCCCNC(=O)C(CSCC(OCC)OCC)NC(=O)c1ccc(N=[N+]=[N-])cc1. The van der Waals surface area contributed by atoms with Gasteiger partial charge in [0.1, 0.15) is 6.04 Å². The van der Waals surface area contributed by atoms with Crippen molar-refractivity contribution in [1.82, 2.24) is 10.6 Å². The number of carbonyl (C=O) groups excluding carboxylic acids is 2. The number of azide groups is 1. The van der Waals surface area contributed by atoms with Crippen molar-refractivity contribution in [2.45, 2.75) is 45.9 Å². The van der Waals surface area contributed by atoms with Gasteiger partial charge >= 0.3 is 0 Å². The van der Waals surface area contributed by atoms with Crippen LogP contribution in [0.3, 0.4) is 0 Å². The quantitative estimate of drug-likeness (QED) is 0.142. The van der Waals surface area contributed by atoms with Gasteiger partial charge in [-0.25, -0.2) is 0 Å². The van der Waals surface area contributed by atoms with E-state index in [4.69, 9.17) is 15.0 Å². The van der Waals surface area contributed by atoms with Crippen LogP contribution in [-0.2, 0) is 14.3 Å². The van der Waals surface area contributed by atoms with E-state index in [9.17, 15) is 9.59 Å². The summed E-state index contributed by atoms with van der Waals surface area (Å²) in [7, 11) is 0. The summed E-state index contributed by atoms with van der Waals surface area (Å²) < 4.78 is 11.0. The Kier molecular flexibility index (Phi) is 13.4. The van der Waals surface area contributed by atoms with Crippen molar-refractivity contribution in [1.29, 1.82) is 0 Å². The van der Waals surface area contributed by atoms with E-state index < -0.39 is 6.04 Å². The highest BCUT2D eigenvalue weighted by molar-refractivity contribution is 7.99. The molecule has 166 valence electrons. The van der Waals surface area contributed by atoms with Crippen LogP contribution in [0, 0.1) is 0 Å². The minimum Gasteiger partial charge on any atom is -0.354 e. The van der Waals surface area contributed by atoms with E-state index in [1.165, 1.54) is 11.8 Å². The number of nitrogens with one attached hydrogen (secondary N) is 2. The van der Waals surface area contributed by atoms with Gasteiger partial charge in [0.2, 0.25) is 5.91 Å². The van der Waals surface area contributed by atoms with E-state index in [0.29, 0.717) is 42.5 Å². The molecule has 0 aromatic heterocycles. The molecule has 1 atom stereocenters. The third-order valence-corrected chi connectivity index (χ3v) is 5.06. The second kappa shape index (κ2) is 15.6. The zero-order chi connectivity index (χ0) is 22.2. The van der Waals surface area contributed by atoms with Crippen LogP contribution in [-0.4, -0.2) is 55.4 Å². The maximum absolute atomic E-state index is 12.6. The lowest BCUT2D eigenvalue weighted by Gasteiger charge is -2.20. The lowest BCUT2D eigenvalue weighted by atomic mass is 10.2. The molecule has 1 unspecified atom stereocenters. The molecule has 0 radical (unpaired) electrons. The molecule has 0 spiro atoms. The third kappa shape index (κ3) is 9.98. The molecule has 0 saturated carbocycles. The van der Waals surface area contributed by atoms with E-state index in [2.05, 4.69) is 20.7 Å². The third-order valence-electron chi connectivity index (χ3n) is 3.98. The summed E-state index contributed by atoms with van der Waals surface area (Å²) in [6, 6.07) is 5.51. The Morgan fingerprint density at radius 2 is 1.80 bits per heavy atom. The molecule has 0 aliphatic carbocycles. The number of hydrogen-bond acceptors (Lipinski definition) is 6. The summed E-state index contributed by atoms with van der Waals surface area (Å²) in [6.07, 6.45) is 1.49. The summed E-state index contributed by atoms with van der Waals surface area (Å²) in [4.78, 5) is 27.9. The summed E-state index contributed by atoms with van der Waals surface area (Å²) in [5.74, 6) is 0.346. The van der Waals surface area contributed by atoms with E-state index >= 15 is 0 Å². The fourth-order valence-electron chi connectivity index (χ4n) is 2.47. The van der Waals surface area contributed by atoms with Gasteiger partial charge in [0.25, 0.3) is 5.91 Å². The van der Waals surface area contributed by atoms with Crippen LogP contribution in [0.5, 0.6) is 0 Å². The molecule has 10 heteroatoms. The van der Waals surface area contributed by atoms with Gasteiger partial charge in [0, 0.05) is 47.4 Å². The number of hydrogen-bond donors (Lipinski definition) is 2. The van der Waals surface area contributed by atoms with Gasteiger partial charge < -0.3 is 20.1 Å². The Hall–Kier alpha value is -2.26. The van der Waals surface area contributed by atoms with Gasteiger partial charge in [-0.2, -0.15) is 11.8 Å². The topological polar surface area (TPSA) is 125 Å². The number of rotatable bonds is 15. The Bertz CT molecular complexity index is 689. The Morgan fingerprint density at radius 1 is 1.13 bits per heavy atom. The van der Waals surface area contributed by atoms with E-state index in [1.807, 2.05) is 20.8 Å². The fraction of sp³-hybridized carbons (Fsp3) is 0.600. The molecule has 0 fully saturated rings. The summed E-state index contributed by atoms with van der Waals surface area (Å²) in [5, 5.41) is 9.15. The highest BCUT2D eigenvalue weighted by Crippen LogP contribution is 2.14. The molecule has 0 saturated heterocycles. The first-order valence-corrected chi connectivity index (χ1v) is 11.3. The highest BCUT2D eigenvalue weighted by Gasteiger charge is 2.22. The molecule has 1 aromatic rings. The van der Waals surface area contributed by atoms with Crippen molar-refractivity contribution in [2.75, 3.05) is 31.3 Å². The maximum atomic E-state index is 12.6. The number of amides is 2. The number of benzene rings is 1. The smallest absolute Gasteiger partial charge is 0.251 e. The number of carbonyl (C=O) groups is 2. The van der Waals surface area contributed by atoms with Crippen LogP contribution >= 0.6 is 11.8 Å². The molecule has 0 bridgehead atoms. The standard InChI is InChI=1S/C20H31N5O4S/c1-4-7-12-22-20(27)17(13-30-14-18(28-5-2)29-6-3)23-19(26)15-8-10-16(11-9-15)24-25-21/h8-11,17-18H,4-7,12-14H2,1-3H3,(H,22,27)(H,23,26). The summed E-state index contributed by atoms with van der Waals surface area (Å²) >= 11 is 1.48. The molecule has 2 N–H and O–H groups in total. The lowest BCUT2D eigenvalue weighted by Crippen LogP contribution is -2.48. The molecular weight excluding hydrogens is 406 g/mol. The normalized spacial score (nSPS) is 11.6. The summed E-state index contributed by atoms with van der Waals surface area (Å²) in [5.41, 5.74) is 9.26. The number of ether oxygens (including phenoxy) is 2. The van der Waals surface area contributed by atoms with Gasteiger partial charge in [-0.1, -0.05) is 30.6 Å². The largest absolute Gasteiger partial charge is 0.354 e. The van der Waals surface area contributed by atoms with Gasteiger partial charge in [-0.05, 0) is 37.9 Å². The average Bonchev–Trinajstić information content (AvgIpc) is 2.74. The zero-order valence-corrected chi connectivity index (χ0v) is 18.6. The molecule has 30 heavy (non-hydrogen) atoms. The van der Waals surface area contributed by atoms with Crippen molar-refractivity contribution in [3.63, 3.8) is 0 Å². The molecule has 1 rings (SSSR count). The van der Waals surface area contributed by atoms with Crippen molar-refractivity contribution in [3.8, 4) is 0 Å². The fourth-order valence-corrected chi connectivity index (χ4v) is 3.46. The van der Waals surface area contributed by atoms with Crippen LogP contribution in [0.25, 0.3) is 10.4 Å². The Morgan fingerprint density at radius 3 is 2.37 bits per heavy atom. The van der Waals surface area contributed by atoms with Gasteiger partial charge in [0.05, 0.1) is 0 Å². The molecule has 0 aliphatic heterocycles. The maximum Gasteiger partial charge on any atom is 0.251 e. The van der Waals surface area contributed by atoms with E-state index in [-0.39, 0.29) is 18.1 Å². The van der Waals surface area contributed by atoms with Crippen LogP contribution in [0.1, 0.15) is 44.0 Å². The molecular formula is C20H31N5O4S. The minimum atomic E-state index is -0.694. The monoisotopic (exact) mass is 437 g/mol. The minimum absolute atomic E-state index is 0.223. The average molecular weight is 438 g/mol. The Balaban J connectivity index is 2.74. The Labute approximate surface area is 181 Å². The second-order valence-corrected chi connectivity index (χ2v) is 7.36. The number of thioether (sulfide) groups is 1. The molecule has 0 heterocycles. The van der Waals surface area contributed by atoms with Crippen LogP contribution in [0.2, 0.25) is 0 Å². The first-order chi connectivity index (χ1) is 14.5. The molecule has 9 nitrogen and oxygen atoms in total. The van der Waals surface area contributed by atoms with Crippen LogP contribution in [0.15, 0.2) is 29.4 Å². The predicted molar refractivity (Wildman–Crippen MR) is 119 cm³/mol. The first-order valence-electron chi connectivity index (χ1n) is 10.1. The van der Waals surface area contributed by atoms with Gasteiger partial charge in [-0.15, -0.1) is 0 Å². The van der Waals surface area contributed by atoms with Crippen molar-refractivity contribution >= 4 is 29.3 Å². The second-order valence-electron chi connectivity index (χ2n) is 6.28. The molecule has 0 aliphatic rings. The van der Waals surface area contributed by atoms with E-state index in [1.54, 1.807) is 24.3 Å². The van der Waals surface area contributed by atoms with Crippen molar-refractivity contribution in [3.05, 3.63) is 40.3 Å². The summed E-state index contributed by atoms with van der Waals surface area (Å²) in [6.45, 7) is 7.47. The predicted octanol–water partition coefficient (Wildman–Crippen LogP) is 3.78. The van der Waals surface area contributed by atoms with Crippen molar-refractivity contribution in [2.24, 2.45) is 5.11 Å². The molecule has 1 aromatic carbocycles. The van der Waals surface area contributed by atoms with Gasteiger partial charge in [0.15, 0.2) is 6.29 Å². The van der Waals surface area contributed by atoms with Crippen LogP contribution in [0.4, 0.5) is 5.69 Å².